The molecule has 0 saturated heterocycles. The SMILES string of the molecule is CNc1ccccc1C(=O)O[C@@H](C)C(=O)NC1(C#N)CCCCC1. The number of anilines is 1. The highest BCUT2D eigenvalue weighted by molar-refractivity contribution is 5.97. The second kappa shape index (κ2) is 7.82. The van der Waals surface area contributed by atoms with E-state index in [1.165, 1.54) is 6.92 Å². The van der Waals surface area contributed by atoms with Crippen molar-refractivity contribution >= 4 is 17.6 Å². The summed E-state index contributed by atoms with van der Waals surface area (Å²) in [5, 5.41) is 15.1. The van der Waals surface area contributed by atoms with Crippen molar-refractivity contribution in [2.45, 2.75) is 50.7 Å². The smallest absolute Gasteiger partial charge is 0.341 e. The lowest BCUT2D eigenvalue weighted by Crippen LogP contribution is -2.52. The normalized spacial score (nSPS) is 17.2. The molecule has 0 aromatic heterocycles. The lowest BCUT2D eigenvalue weighted by atomic mass is 9.83. The third-order valence-electron chi connectivity index (χ3n) is 4.35. The number of hydrogen-bond donors (Lipinski definition) is 2. The summed E-state index contributed by atoms with van der Waals surface area (Å²) in [4.78, 5) is 24.6. The molecule has 24 heavy (non-hydrogen) atoms. The molecule has 6 nitrogen and oxygen atoms in total. The van der Waals surface area contributed by atoms with Gasteiger partial charge in [-0.3, -0.25) is 4.79 Å². The Morgan fingerprint density at radius 3 is 2.54 bits per heavy atom. The lowest BCUT2D eigenvalue weighted by Gasteiger charge is -2.32. The minimum absolute atomic E-state index is 0.368. The maximum absolute atomic E-state index is 12.3. The zero-order valence-corrected chi connectivity index (χ0v) is 14.1. The third kappa shape index (κ3) is 4.05. The number of nitrogens with zero attached hydrogens (tertiary/aromatic N) is 1. The number of rotatable bonds is 5. The first-order valence-corrected chi connectivity index (χ1v) is 8.22. The molecule has 1 aromatic rings. The number of para-hydroxylation sites is 1. The van der Waals surface area contributed by atoms with Crippen molar-refractivity contribution in [2.75, 3.05) is 12.4 Å². The van der Waals surface area contributed by atoms with E-state index in [4.69, 9.17) is 4.74 Å². The van der Waals surface area contributed by atoms with E-state index in [0.29, 0.717) is 24.1 Å². The zero-order valence-electron chi connectivity index (χ0n) is 14.1. The van der Waals surface area contributed by atoms with Crippen LogP contribution in [0.15, 0.2) is 24.3 Å². The Labute approximate surface area is 142 Å². The van der Waals surface area contributed by atoms with Gasteiger partial charge in [-0.2, -0.15) is 5.26 Å². The fourth-order valence-electron chi connectivity index (χ4n) is 2.91. The number of amides is 1. The van der Waals surface area contributed by atoms with Crippen LogP contribution in [-0.4, -0.2) is 30.6 Å². The van der Waals surface area contributed by atoms with E-state index in [2.05, 4.69) is 16.7 Å². The molecular formula is C18H23N3O3. The van der Waals surface area contributed by atoms with Gasteiger partial charge in [0.2, 0.25) is 0 Å². The van der Waals surface area contributed by atoms with Crippen molar-refractivity contribution in [2.24, 2.45) is 0 Å². The van der Waals surface area contributed by atoms with Gasteiger partial charge in [0, 0.05) is 12.7 Å². The highest BCUT2D eigenvalue weighted by Crippen LogP contribution is 2.27. The summed E-state index contributed by atoms with van der Waals surface area (Å²) in [6.07, 6.45) is 3.21. The predicted molar refractivity (Wildman–Crippen MR) is 90.4 cm³/mol. The van der Waals surface area contributed by atoms with Crippen molar-refractivity contribution in [1.82, 2.24) is 5.32 Å². The summed E-state index contributed by atoms with van der Waals surface area (Å²) >= 11 is 0. The molecule has 128 valence electrons. The van der Waals surface area contributed by atoms with Gasteiger partial charge in [-0.25, -0.2) is 4.79 Å². The molecule has 1 aromatic carbocycles. The van der Waals surface area contributed by atoms with E-state index >= 15 is 0 Å². The highest BCUT2D eigenvalue weighted by Gasteiger charge is 2.35. The Morgan fingerprint density at radius 1 is 1.25 bits per heavy atom. The molecule has 0 unspecified atom stereocenters. The van der Waals surface area contributed by atoms with Crippen LogP contribution in [0.4, 0.5) is 5.69 Å². The second-order valence-corrected chi connectivity index (χ2v) is 6.09. The molecule has 0 bridgehead atoms. The van der Waals surface area contributed by atoms with Crippen molar-refractivity contribution in [3.8, 4) is 6.07 Å². The van der Waals surface area contributed by atoms with Gasteiger partial charge < -0.3 is 15.4 Å². The Balaban J connectivity index is 2.01. The molecule has 1 amide bonds. The van der Waals surface area contributed by atoms with Crippen molar-refractivity contribution < 1.29 is 14.3 Å². The van der Waals surface area contributed by atoms with Gasteiger partial charge in [0.1, 0.15) is 5.54 Å². The van der Waals surface area contributed by atoms with E-state index < -0.39 is 23.5 Å². The van der Waals surface area contributed by atoms with E-state index in [1.54, 1.807) is 31.3 Å². The summed E-state index contributed by atoms with van der Waals surface area (Å²) in [5.74, 6) is -1.01. The lowest BCUT2D eigenvalue weighted by molar-refractivity contribution is -0.130. The number of ether oxygens (including phenoxy) is 1. The minimum Gasteiger partial charge on any atom is -0.449 e. The van der Waals surface area contributed by atoms with Crippen LogP contribution in [0.5, 0.6) is 0 Å². The van der Waals surface area contributed by atoms with Crippen molar-refractivity contribution in [3.05, 3.63) is 29.8 Å². The van der Waals surface area contributed by atoms with E-state index in [1.807, 2.05) is 0 Å². The van der Waals surface area contributed by atoms with Crippen LogP contribution in [0.25, 0.3) is 0 Å². The van der Waals surface area contributed by atoms with Crippen LogP contribution < -0.4 is 10.6 Å². The predicted octanol–water partition coefficient (Wildman–Crippen LogP) is 2.62. The second-order valence-electron chi connectivity index (χ2n) is 6.09. The summed E-state index contributed by atoms with van der Waals surface area (Å²) in [7, 11) is 1.71. The van der Waals surface area contributed by atoms with Crippen LogP contribution in [0.1, 0.15) is 49.4 Å². The molecule has 1 aliphatic carbocycles. The van der Waals surface area contributed by atoms with Gasteiger partial charge in [-0.15, -0.1) is 0 Å². The van der Waals surface area contributed by atoms with Gasteiger partial charge in [0.05, 0.1) is 11.6 Å². The molecular weight excluding hydrogens is 306 g/mol. The first-order valence-electron chi connectivity index (χ1n) is 8.22. The molecule has 1 atom stereocenters. The summed E-state index contributed by atoms with van der Waals surface area (Å²) in [6.45, 7) is 1.52. The number of carbonyl (C=O) groups is 2. The van der Waals surface area contributed by atoms with E-state index in [-0.39, 0.29) is 0 Å². The van der Waals surface area contributed by atoms with Crippen LogP contribution >= 0.6 is 0 Å². The average Bonchev–Trinajstić information content (AvgIpc) is 2.62. The molecule has 0 heterocycles. The highest BCUT2D eigenvalue weighted by atomic mass is 16.5. The number of nitrogens with one attached hydrogen (secondary N) is 2. The molecule has 0 aliphatic heterocycles. The number of esters is 1. The fraction of sp³-hybridized carbons (Fsp3) is 0.500. The van der Waals surface area contributed by atoms with Crippen LogP contribution in [-0.2, 0) is 9.53 Å². The van der Waals surface area contributed by atoms with Gasteiger partial charge in [-0.1, -0.05) is 31.4 Å². The Hall–Kier alpha value is -2.55. The molecule has 0 radical (unpaired) electrons. The van der Waals surface area contributed by atoms with Gasteiger partial charge in [0.25, 0.3) is 5.91 Å². The standard InChI is InChI=1S/C18H23N3O3/c1-13(16(22)21-18(12-19)10-6-3-7-11-18)24-17(23)14-8-4-5-9-15(14)20-2/h4-5,8-9,13,20H,3,6-7,10-11H2,1-2H3,(H,21,22)/t13-/m0/s1. The molecule has 1 saturated carbocycles. The number of nitriles is 1. The monoisotopic (exact) mass is 329 g/mol. The van der Waals surface area contributed by atoms with Gasteiger partial charge in [0.15, 0.2) is 6.10 Å². The van der Waals surface area contributed by atoms with Crippen molar-refractivity contribution in [1.29, 1.82) is 5.26 Å². The van der Waals surface area contributed by atoms with E-state index in [0.717, 1.165) is 19.3 Å². The number of carbonyl (C=O) groups excluding carboxylic acids is 2. The van der Waals surface area contributed by atoms with Crippen LogP contribution in [0.2, 0.25) is 0 Å². The molecule has 2 N–H and O–H groups in total. The maximum atomic E-state index is 12.3. The summed E-state index contributed by atoms with van der Waals surface area (Å²) in [6, 6.07) is 9.15. The number of hydrogen-bond acceptors (Lipinski definition) is 5. The largest absolute Gasteiger partial charge is 0.449 e. The van der Waals surface area contributed by atoms with Gasteiger partial charge >= 0.3 is 5.97 Å². The molecule has 2 rings (SSSR count). The summed E-state index contributed by atoms with van der Waals surface area (Å²) in [5.41, 5.74) is 0.169. The summed E-state index contributed by atoms with van der Waals surface area (Å²) < 4.78 is 5.27. The molecule has 0 spiro atoms. The molecule has 1 fully saturated rings. The first-order chi connectivity index (χ1) is 11.5. The Bertz CT molecular complexity index is 645. The average molecular weight is 329 g/mol. The molecule has 1 aliphatic rings. The fourth-order valence-corrected chi connectivity index (χ4v) is 2.91. The maximum Gasteiger partial charge on any atom is 0.341 e. The van der Waals surface area contributed by atoms with Gasteiger partial charge in [-0.05, 0) is 31.9 Å². The number of benzene rings is 1. The zero-order chi connectivity index (χ0) is 17.6. The first kappa shape index (κ1) is 17.8. The Morgan fingerprint density at radius 2 is 1.92 bits per heavy atom. The third-order valence-corrected chi connectivity index (χ3v) is 4.35. The van der Waals surface area contributed by atoms with Crippen LogP contribution in [0.3, 0.4) is 0 Å². The quantitative estimate of drug-likeness (QED) is 0.810. The van der Waals surface area contributed by atoms with Crippen molar-refractivity contribution in [3.63, 3.8) is 0 Å². The van der Waals surface area contributed by atoms with Crippen LogP contribution in [0, 0.1) is 11.3 Å². The Kier molecular flexibility index (Phi) is 5.80. The molecule has 6 heteroatoms. The minimum atomic E-state index is -0.963. The topological polar surface area (TPSA) is 91.2 Å². The van der Waals surface area contributed by atoms with E-state index in [9.17, 15) is 14.9 Å².